The molecule has 2 unspecified atom stereocenters. The van der Waals surface area contributed by atoms with Gasteiger partial charge in [0.25, 0.3) is 0 Å². The molecule has 0 aromatic heterocycles. The van der Waals surface area contributed by atoms with Crippen LogP contribution in [0.15, 0.2) is 12.1 Å². The van der Waals surface area contributed by atoms with Gasteiger partial charge in [-0.25, -0.2) is 0 Å². The van der Waals surface area contributed by atoms with E-state index in [2.05, 4.69) is 15.9 Å². The van der Waals surface area contributed by atoms with Crippen LogP contribution in [0.4, 0.5) is 0 Å². The second-order valence-electron chi connectivity index (χ2n) is 3.76. The number of halogens is 1. The van der Waals surface area contributed by atoms with Gasteiger partial charge < -0.3 is 20.1 Å². The summed E-state index contributed by atoms with van der Waals surface area (Å²) in [6, 6.07) is 2.55. The molecule has 100 valence electrons. The minimum absolute atomic E-state index is 0.142. The number of hydrogen-bond donors (Lipinski definition) is 3. The van der Waals surface area contributed by atoms with Gasteiger partial charge in [0.05, 0.1) is 13.2 Å². The lowest BCUT2D eigenvalue weighted by molar-refractivity contribution is 0.0169. The first-order chi connectivity index (χ1) is 8.54. The highest BCUT2D eigenvalue weighted by atomic mass is 79.9. The maximum Gasteiger partial charge on any atom is 0.161 e. The van der Waals surface area contributed by atoms with Crippen LogP contribution in [0.25, 0.3) is 0 Å². The lowest BCUT2D eigenvalue weighted by Crippen LogP contribution is -2.20. The van der Waals surface area contributed by atoms with Crippen molar-refractivity contribution >= 4 is 22.2 Å². The summed E-state index contributed by atoms with van der Waals surface area (Å²) in [5, 5.41) is 29.8. The van der Waals surface area contributed by atoms with Gasteiger partial charge in [0, 0.05) is 10.9 Å². The van der Waals surface area contributed by atoms with Crippen molar-refractivity contribution in [1.29, 1.82) is 0 Å². The summed E-state index contributed by atoms with van der Waals surface area (Å²) in [5.74, 6) is -0.0498. The van der Waals surface area contributed by atoms with Crippen LogP contribution in [0.3, 0.4) is 0 Å². The van der Waals surface area contributed by atoms with Gasteiger partial charge in [0.15, 0.2) is 17.8 Å². The predicted octanol–water partition coefficient (Wildman–Crippen LogP) is 1.39. The number of carbonyl (C=O) groups excluding carboxylic acids is 1. The average Bonchev–Trinajstić information content (AvgIpc) is 2.37. The Morgan fingerprint density at radius 1 is 1.44 bits per heavy atom. The molecule has 1 rings (SSSR count). The van der Waals surface area contributed by atoms with Gasteiger partial charge in [-0.3, -0.25) is 4.79 Å². The number of benzene rings is 1. The van der Waals surface area contributed by atoms with Crippen molar-refractivity contribution in [2.24, 2.45) is 0 Å². The van der Waals surface area contributed by atoms with Gasteiger partial charge in [-0.2, -0.15) is 0 Å². The zero-order valence-corrected chi connectivity index (χ0v) is 11.4. The van der Waals surface area contributed by atoms with Gasteiger partial charge in [0.2, 0.25) is 0 Å². The maximum absolute atomic E-state index is 11.0. The zero-order chi connectivity index (χ0) is 13.7. The van der Waals surface area contributed by atoms with Crippen molar-refractivity contribution in [3.8, 4) is 11.5 Å². The van der Waals surface area contributed by atoms with E-state index in [0.717, 1.165) is 0 Å². The number of alkyl halides is 1. The summed E-state index contributed by atoms with van der Waals surface area (Å²) in [4.78, 5) is 11.0. The summed E-state index contributed by atoms with van der Waals surface area (Å²) < 4.78 is 4.87. The SMILES string of the molecule is COc1cc(C=O)c(C(O)C(O)CCBr)cc1O. The minimum atomic E-state index is -1.24. The van der Waals surface area contributed by atoms with E-state index in [0.29, 0.717) is 18.0 Å². The minimum Gasteiger partial charge on any atom is -0.504 e. The molecule has 0 radical (unpaired) electrons. The van der Waals surface area contributed by atoms with Crippen molar-refractivity contribution in [2.75, 3.05) is 12.4 Å². The molecule has 18 heavy (non-hydrogen) atoms. The third-order valence-corrected chi connectivity index (χ3v) is 3.06. The molecule has 3 N–H and O–H groups in total. The summed E-state index contributed by atoms with van der Waals surface area (Å²) in [6.07, 6.45) is -1.39. The molecular weight excluding hydrogens is 304 g/mol. The molecular formula is C12H15BrO5. The van der Waals surface area contributed by atoms with E-state index in [4.69, 9.17) is 4.74 Å². The van der Waals surface area contributed by atoms with E-state index in [-0.39, 0.29) is 22.6 Å². The van der Waals surface area contributed by atoms with Crippen molar-refractivity contribution in [1.82, 2.24) is 0 Å². The molecule has 1 aromatic rings. The number of phenolic OH excluding ortho intramolecular Hbond substituents is 1. The number of methoxy groups -OCH3 is 1. The fraction of sp³-hybridized carbons (Fsp3) is 0.417. The lowest BCUT2D eigenvalue weighted by Gasteiger charge is -2.19. The van der Waals surface area contributed by atoms with Gasteiger partial charge in [-0.1, -0.05) is 15.9 Å². The molecule has 0 fully saturated rings. The molecule has 0 saturated carbocycles. The second-order valence-corrected chi connectivity index (χ2v) is 4.55. The van der Waals surface area contributed by atoms with Crippen LogP contribution < -0.4 is 4.74 Å². The van der Waals surface area contributed by atoms with Gasteiger partial charge in [-0.05, 0) is 24.1 Å². The molecule has 0 aliphatic carbocycles. The van der Waals surface area contributed by atoms with Crippen LogP contribution in [0.1, 0.15) is 28.4 Å². The van der Waals surface area contributed by atoms with E-state index in [1.165, 1.54) is 19.2 Å². The molecule has 6 heteroatoms. The van der Waals surface area contributed by atoms with Crippen LogP contribution in [0.5, 0.6) is 11.5 Å². The third-order valence-electron chi connectivity index (χ3n) is 2.60. The Labute approximate surface area is 113 Å². The third kappa shape index (κ3) is 3.22. The Hall–Kier alpha value is -1.11. The number of aliphatic hydroxyl groups excluding tert-OH is 2. The summed E-state index contributed by atoms with van der Waals surface area (Å²) in [5.41, 5.74) is 0.350. The monoisotopic (exact) mass is 318 g/mol. The number of hydrogen-bond acceptors (Lipinski definition) is 5. The average molecular weight is 319 g/mol. The van der Waals surface area contributed by atoms with E-state index in [1.807, 2.05) is 0 Å². The fourth-order valence-corrected chi connectivity index (χ4v) is 2.07. The van der Waals surface area contributed by atoms with Crippen molar-refractivity contribution in [3.63, 3.8) is 0 Å². The van der Waals surface area contributed by atoms with Crippen LogP contribution in [0, 0.1) is 0 Å². The number of phenols is 1. The van der Waals surface area contributed by atoms with Crippen LogP contribution in [-0.4, -0.2) is 40.1 Å². The van der Waals surface area contributed by atoms with Crippen molar-refractivity contribution in [3.05, 3.63) is 23.3 Å². The first kappa shape index (κ1) is 14.9. The van der Waals surface area contributed by atoms with E-state index < -0.39 is 12.2 Å². The van der Waals surface area contributed by atoms with Crippen LogP contribution in [-0.2, 0) is 0 Å². The van der Waals surface area contributed by atoms with Gasteiger partial charge >= 0.3 is 0 Å². The quantitative estimate of drug-likeness (QED) is 0.545. The highest BCUT2D eigenvalue weighted by Crippen LogP contribution is 2.33. The topological polar surface area (TPSA) is 87.0 Å². The normalized spacial score (nSPS) is 14.0. The molecule has 2 atom stereocenters. The first-order valence-electron chi connectivity index (χ1n) is 5.33. The number of aliphatic hydroxyl groups is 2. The van der Waals surface area contributed by atoms with Gasteiger partial charge in [0.1, 0.15) is 6.10 Å². The highest BCUT2D eigenvalue weighted by molar-refractivity contribution is 9.09. The molecule has 5 nitrogen and oxygen atoms in total. The first-order valence-corrected chi connectivity index (χ1v) is 6.45. The molecule has 1 aromatic carbocycles. The Morgan fingerprint density at radius 3 is 2.61 bits per heavy atom. The molecule has 0 saturated heterocycles. The molecule has 0 bridgehead atoms. The molecule has 0 aliphatic heterocycles. The summed E-state index contributed by atoms with van der Waals surface area (Å²) >= 11 is 3.15. The molecule has 0 aliphatic rings. The number of aldehydes is 1. The maximum atomic E-state index is 11.0. The Balaban J connectivity index is 3.14. The van der Waals surface area contributed by atoms with Crippen molar-refractivity contribution in [2.45, 2.75) is 18.6 Å². The smallest absolute Gasteiger partial charge is 0.161 e. The van der Waals surface area contributed by atoms with Crippen LogP contribution in [0.2, 0.25) is 0 Å². The summed E-state index contributed by atoms with van der Waals surface area (Å²) in [6.45, 7) is 0. The van der Waals surface area contributed by atoms with E-state index >= 15 is 0 Å². The molecule has 0 spiro atoms. The second kappa shape index (κ2) is 6.72. The Kier molecular flexibility index (Phi) is 5.58. The largest absolute Gasteiger partial charge is 0.504 e. The highest BCUT2D eigenvalue weighted by Gasteiger charge is 2.22. The van der Waals surface area contributed by atoms with Gasteiger partial charge in [-0.15, -0.1) is 0 Å². The number of rotatable bonds is 6. The number of aromatic hydroxyl groups is 1. The van der Waals surface area contributed by atoms with E-state index in [1.54, 1.807) is 0 Å². The fourth-order valence-electron chi connectivity index (χ4n) is 1.60. The molecule has 0 amide bonds. The zero-order valence-electron chi connectivity index (χ0n) is 9.84. The Morgan fingerprint density at radius 2 is 2.11 bits per heavy atom. The molecule has 0 heterocycles. The predicted molar refractivity (Wildman–Crippen MR) is 69.4 cm³/mol. The number of carbonyl (C=O) groups is 1. The Bertz CT molecular complexity index is 421. The van der Waals surface area contributed by atoms with Crippen LogP contribution >= 0.6 is 15.9 Å². The summed E-state index contributed by atoms with van der Waals surface area (Å²) in [7, 11) is 1.36. The number of ether oxygens (including phenoxy) is 1. The van der Waals surface area contributed by atoms with E-state index in [9.17, 15) is 20.1 Å². The lowest BCUT2D eigenvalue weighted by atomic mass is 9.97. The standard InChI is InChI=1S/C12H15BrO5/c1-18-11-4-7(6-14)8(5-10(11)16)12(17)9(15)2-3-13/h4-6,9,12,15-17H,2-3H2,1H3. The van der Waals surface area contributed by atoms with Crippen molar-refractivity contribution < 1.29 is 24.9 Å².